The van der Waals surface area contributed by atoms with E-state index in [0.717, 1.165) is 5.92 Å². The van der Waals surface area contributed by atoms with Gasteiger partial charge < -0.3 is 5.32 Å². The molecule has 2 unspecified atom stereocenters. The number of aryl methyl sites for hydroxylation is 1. The van der Waals surface area contributed by atoms with E-state index in [2.05, 4.69) is 69.5 Å². The second kappa shape index (κ2) is 4.35. The van der Waals surface area contributed by atoms with E-state index in [1.807, 2.05) is 0 Å². The highest BCUT2D eigenvalue weighted by Gasteiger charge is 2.50. The second-order valence-electron chi connectivity index (χ2n) is 6.58. The lowest BCUT2D eigenvalue weighted by atomic mass is 9.89. The molecular formula is C18H23N. The van der Waals surface area contributed by atoms with Crippen molar-refractivity contribution >= 4 is 10.8 Å². The molecular weight excluding hydrogens is 230 g/mol. The molecule has 1 fully saturated rings. The lowest BCUT2D eigenvalue weighted by molar-refractivity contribution is 0.442. The van der Waals surface area contributed by atoms with Crippen LogP contribution in [0, 0.1) is 18.3 Å². The van der Waals surface area contributed by atoms with Gasteiger partial charge in [-0.3, -0.25) is 0 Å². The Labute approximate surface area is 116 Å². The molecule has 2 aromatic rings. The highest BCUT2D eigenvalue weighted by atomic mass is 14.9. The molecule has 2 atom stereocenters. The average molecular weight is 253 g/mol. The highest BCUT2D eigenvalue weighted by Crippen LogP contribution is 2.58. The molecule has 0 heterocycles. The minimum Gasteiger partial charge on any atom is -0.313 e. The summed E-state index contributed by atoms with van der Waals surface area (Å²) in [5.41, 5.74) is 3.38. The minimum atomic E-state index is 0.473. The summed E-state index contributed by atoms with van der Waals surface area (Å²) in [4.78, 5) is 0. The molecule has 1 aliphatic rings. The molecule has 1 saturated carbocycles. The first-order chi connectivity index (χ1) is 9.04. The zero-order chi connectivity index (χ0) is 13.6. The molecule has 19 heavy (non-hydrogen) atoms. The molecule has 0 amide bonds. The Morgan fingerprint density at radius 3 is 2.47 bits per heavy atom. The smallest absolute Gasteiger partial charge is 0.0360 e. The van der Waals surface area contributed by atoms with Crippen LogP contribution in [0.1, 0.15) is 37.4 Å². The van der Waals surface area contributed by atoms with Gasteiger partial charge in [-0.05, 0) is 53.6 Å². The molecule has 0 aromatic heterocycles. The Balaban J connectivity index is 2.15. The maximum atomic E-state index is 3.57. The van der Waals surface area contributed by atoms with Crippen molar-refractivity contribution in [2.45, 2.75) is 33.2 Å². The minimum absolute atomic E-state index is 0.473. The van der Waals surface area contributed by atoms with Gasteiger partial charge in [-0.25, -0.2) is 0 Å². The van der Waals surface area contributed by atoms with Gasteiger partial charge in [0.1, 0.15) is 0 Å². The van der Waals surface area contributed by atoms with Crippen LogP contribution in [0.15, 0.2) is 36.4 Å². The van der Waals surface area contributed by atoms with Crippen LogP contribution in [-0.2, 0) is 0 Å². The van der Waals surface area contributed by atoms with Gasteiger partial charge in [-0.2, -0.15) is 0 Å². The van der Waals surface area contributed by atoms with Gasteiger partial charge in [-0.1, -0.05) is 50.2 Å². The number of hydrogen-bond acceptors (Lipinski definition) is 1. The topological polar surface area (TPSA) is 12.0 Å². The molecule has 1 N–H and O–H groups in total. The predicted octanol–water partition coefficient (Wildman–Crippen LogP) is 4.45. The van der Waals surface area contributed by atoms with Crippen molar-refractivity contribution in [2.24, 2.45) is 11.3 Å². The van der Waals surface area contributed by atoms with Gasteiger partial charge in [0, 0.05) is 6.04 Å². The Hall–Kier alpha value is -1.34. The molecule has 0 spiro atoms. The van der Waals surface area contributed by atoms with E-state index in [1.165, 1.54) is 28.3 Å². The van der Waals surface area contributed by atoms with E-state index >= 15 is 0 Å². The van der Waals surface area contributed by atoms with Crippen LogP contribution in [0.4, 0.5) is 0 Å². The Morgan fingerprint density at radius 2 is 1.84 bits per heavy atom. The van der Waals surface area contributed by atoms with Crippen molar-refractivity contribution in [3.63, 3.8) is 0 Å². The predicted molar refractivity (Wildman–Crippen MR) is 82.4 cm³/mol. The number of rotatable bonds is 3. The van der Waals surface area contributed by atoms with Gasteiger partial charge in [0.2, 0.25) is 0 Å². The van der Waals surface area contributed by atoms with Crippen LogP contribution in [0.25, 0.3) is 10.8 Å². The largest absolute Gasteiger partial charge is 0.313 e. The Kier molecular flexibility index (Phi) is 2.90. The van der Waals surface area contributed by atoms with Crippen LogP contribution < -0.4 is 5.32 Å². The standard InChI is InChI=1S/C18H23N/c1-12-9-10-13-7-5-6-8-14(13)16(12)17(19-4)15-11-18(15,2)3/h5-10,15,17,19H,11H2,1-4H3. The van der Waals surface area contributed by atoms with E-state index < -0.39 is 0 Å². The third-order valence-corrected chi connectivity index (χ3v) is 4.80. The summed E-state index contributed by atoms with van der Waals surface area (Å²) in [6.07, 6.45) is 1.32. The summed E-state index contributed by atoms with van der Waals surface area (Å²) in [5, 5.41) is 6.32. The van der Waals surface area contributed by atoms with Gasteiger partial charge >= 0.3 is 0 Å². The van der Waals surface area contributed by atoms with E-state index in [9.17, 15) is 0 Å². The summed E-state index contributed by atoms with van der Waals surface area (Å²) >= 11 is 0. The molecule has 0 aliphatic heterocycles. The molecule has 2 aromatic carbocycles. The monoisotopic (exact) mass is 253 g/mol. The Morgan fingerprint density at radius 1 is 1.16 bits per heavy atom. The zero-order valence-corrected chi connectivity index (χ0v) is 12.3. The zero-order valence-electron chi connectivity index (χ0n) is 12.3. The summed E-state index contributed by atoms with van der Waals surface area (Å²) in [7, 11) is 2.10. The van der Waals surface area contributed by atoms with Gasteiger partial charge in [-0.15, -0.1) is 0 Å². The molecule has 1 nitrogen and oxygen atoms in total. The van der Waals surface area contributed by atoms with Crippen molar-refractivity contribution in [1.82, 2.24) is 5.32 Å². The summed E-state index contributed by atoms with van der Waals surface area (Å²) in [5.74, 6) is 0.752. The van der Waals surface area contributed by atoms with Crippen molar-refractivity contribution in [1.29, 1.82) is 0 Å². The first-order valence-electron chi connectivity index (χ1n) is 7.20. The lowest BCUT2D eigenvalue weighted by Gasteiger charge is -2.22. The van der Waals surface area contributed by atoms with E-state index in [0.29, 0.717) is 11.5 Å². The van der Waals surface area contributed by atoms with Crippen molar-refractivity contribution in [2.75, 3.05) is 7.05 Å². The quantitative estimate of drug-likeness (QED) is 0.852. The number of nitrogens with one attached hydrogen (secondary N) is 1. The van der Waals surface area contributed by atoms with E-state index in [-0.39, 0.29) is 0 Å². The SMILES string of the molecule is CNC(c1c(C)ccc2ccccc12)C1CC1(C)C. The summed E-state index contributed by atoms with van der Waals surface area (Å²) < 4.78 is 0. The molecule has 1 aliphatic carbocycles. The average Bonchev–Trinajstić information content (AvgIpc) is 3.02. The fourth-order valence-electron chi connectivity index (χ4n) is 3.44. The summed E-state index contributed by atoms with van der Waals surface area (Å²) in [6.45, 7) is 6.99. The third-order valence-electron chi connectivity index (χ3n) is 4.80. The van der Waals surface area contributed by atoms with Crippen LogP contribution in [-0.4, -0.2) is 7.05 Å². The van der Waals surface area contributed by atoms with Gasteiger partial charge in [0.05, 0.1) is 0 Å². The molecule has 1 heteroatoms. The maximum absolute atomic E-state index is 3.57. The molecule has 0 radical (unpaired) electrons. The fraction of sp³-hybridized carbons (Fsp3) is 0.444. The number of hydrogen-bond donors (Lipinski definition) is 1. The van der Waals surface area contributed by atoms with E-state index in [1.54, 1.807) is 0 Å². The van der Waals surface area contributed by atoms with Gasteiger partial charge in [0.15, 0.2) is 0 Å². The Bertz CT molecular complexity index is 612. The molecule has 100 valence electrons. The number of fused-ring (bicyclic) bond motifs is 1. The molecule has 0 saturated heterocycles. The van der Waals surface area contributed by atoms with Crippen LogP contribution in [0.3, 0.4) is 0 Å². The van der Waals surface area contributed by atoms with Crippen molar-refractivity contribution in [3.05, 3.63) is 47.5 Å². The maximum Gasteiger partial charge on any atom is 0.0360 e. The van der Waals surface area contributed by atoms with Crippen molar-refractivity contribution in [3.8, 4) is 0 Å². The summed E-state index contributed by atoms with van der Waals surface area (Å²) in [6, 6.07) is 13.7. The molecule has 0 bridgehead atoms. The molecule has 3 rings (SSSR count). The fourth-order valence-corrected chi connectivity index (χ4v) is 3.44. The first kappa shape index (κ1) is 12.7. The normalized spacial score (nSPS) is 22.4. The lowest BCUT2D eigenvalue weighted by Crippen LogP contribution is -2.21. The van der Waals surface area contributed by atoms with Crippen LogP contribution in [0.2, 0.25) is 0 Å². The third kappa shape index (κ3) is 2.06. The van der Waals surface area contributed by atoms with Crippen LogP contribution in [0.5, 0.6) is 0 Å². The second-order valence-corrected chi connectivity index (χ2v) is 6.58. The van der Waals surface area contributed by atoms with Crippen molar-refractivity contribution < 1.29 is 0 Å². The highest BCUT2D eigenvalue weighted by molar-refractivity contribution is 5.87. The van der Waals surface area contributed by atoms with Gasteiger partial charge in [0.25, 0.3) is 0 Å². The first-order valence-corrected chi connectivity index (χ1v) is 7.20. The number of benzene rings is 2. The van der Waals surface area contributed by atoms with Crippen LogP contribution >= 0.6 is 0 Å². The van der Waals surface area contributed by atoms with E-state index in [4.69, 9.17) is 0 Å².